The van der Waals surface area contributed by atoms with Crippen molar-refractivity contribution in [2.24, 2.45) is 0 Å². The molecule has 0 fully saturated rings. The van der Waals surface area contributed by atoms with Crippen LogP contribution in [-0.4, -0.2) is 17.0 Å². The second-order valence-corrected chi connectivity index (χ2v) is 5.84. The predicted octanol–water partition coefficient (Wildman–Crippen LogP) is 4.62. The second-order valence-electron chi connectivity index (χ2n) is 5.40. The molecule has 120 valence electrons. The zero-order chi connectivity index (χ0) is 17.3. The molecule has 0 N–H and O–H groups in total. The summed E-state index contributed by atoms with van der Waals surface area (Å²) < 4.78 is 6.86. The van der Waals surface area contributed by atoms with Crippen LogP contribution in [0.15, 0.2) is 42.6 Å². The third-order valence-corrected chi connectivity index (χ3v) is 4.05. The molecule has 0 bridgehead atoms. The number of halogens is 1. The van der Waals surface area contributed by atoms with Gasteiger partial charge in [-0.15, -0.1) is 0 Å². The number of aromatic nitrogens is 1. The first-order chi connectivity index (χ1) is 11.6. The molecule has 0 spiro atoms. The average molecular weight is 339 g/mol. The fourth-order valence-corrected chi connectivity index (χ4v) is 2.91. The van der Waals surface area contributed by atoms with Gasteiger partial charge in [-0.05, 0) is 31.5 Å². The lowest BCUT2D eigenvalue weighted by molar-refractivity contribution is 0.0529. The summed E-state index contributed by atoms with van der Waals surface area (Å²) in [6.45, 7) is 4.00. The molecule has 0 aliphatic carbocycles. The highest BCUT2D eigenvalue weighted by Gasteiger charge is 2.25. The minimum Gasteiger partial charge on any atom is -0.462 e. The summed E-state index contributed by atoms with van der Waals surface area (Å²) in [5.74, 6) is -0.450. The Morgan fingerprint density at radius 1 is 1.25 bits per heavy atom. The van der Waals surface area contributed by atoms with E-state index in [0.29, 0.717) is 27.4 Å². The monoisotopic (exact) mass is 338 g/mol. The first-order valence-electron chi connectivity index (χ1n) is 7.54. The SMILES string of the molecule is CCOC(=O)c1c(-c2ccc(C)cc2)c(C#N)n2cc(Cl)ccc12. The molecule has 0 radical (unpaired) electrons. The smallest absolute Gasteiger partial charge is 0.341 e. The lowest BCUT2D eigenvalue weighted by atomic mass is 10.00. The number of carbonyl (C=O) groups is 1. The van der Waals surface area contributed by atoms with Gasteiger partial charge in [-0.25, -0.2) is 4.79 Å². The van der Waals surface area contributed by atoms with Crippen molar-refractivity contribution in [1.29, 1.82) is 5.26 Å². The molecule has 1 aromatic carbocycles. The fourth-order valence-electron chi connectivity index (χ4n) is 2.75. The zero-order valence-corrected chi connectivity index (χ0v) is 14.1. The van der Waals surface area contributed by atoms with Gasteiger partial charge in [-0.2, -0.15) is 5.26 Å². The van der Waals surface area contributed by atoms with Crippen LogP contribution in [0.3, 0.4) is 0 Å². The van der Waals surface area contributed by atoms with Crippen LogP contribution in [-0.2, 0) is 4.74 Å². The van der Waals surface area contributed by atoms with Crippen LogP contribution in [0.1, 0.15) is 28.5 Å². The van der Waals surface area contributed by atoms with E-state index in [4.69, 9.17) is 16.3 Å². The van der Waals surface area contributed by atoms with Crippen molar-refractivity contribution in [2.75, 3.05) is 6.61 Å². The Morgan fingerprint density at radius 2 is 1.96 bits per heavy atom. The zero-order valence-electron chi connectivity index (χ0n) is 13.3. The molecule has 0 saturated heterocycles. The molecule has 2 heterocycles. The first-order valence-corrected chi connectivity index (χ1v) is 7.92. The molecule has 3 aromatic rings. The van der Waals surface area contributed by atoms with Gasteiger partial charge in [0.05, 0.1) is 22.7 Å². The quantitative estimate of drug-likeness (QED) is 0.655. The Labute approximate surface area is 144 Å². The third-order valence-electron chi connectivity index (χ3n) is 3.82. The number of ether oxygens (including phenoxy) is 1. The van der Waals surface area contributed by atoms with Gasteiger partial charge < -0.3 is 9.14 Å². The fraction of sp³-hybridized carbons (Fsp3) is 0.158. The van der Waals surface area contributed by atoms with Crippen molar-refractivity contribution < 1.29 is 9.53 Å². The number of aryl methyl sites for hydroxylation is 1. The van der Waals surface area contributed by atoms with E-state index in [9.17, 15) is 10.1 Å². The van der Waals surface area contributed by atoms with Crippen molar-refractivity contribution in [3.63, 3.8) is 0 Å². The summed E-state index contributed by atoms with van der Waals surface area (Å²) in [6, 6.07) is 13.3. The van der Waals surface area contributed by atoms with E-state index in [2.05, 4.69) is 6.07 Å². The maximum atomic E-state index is 12.6. The van der Waals surface area contributed by atoms with Gasteiger partial charge in [0.1, 0.15) is 11.8 Å². The maximum absolute atomic E-state index is 12.6. The molecule has 5 heteroatoms. The van der Waals surface area contributed by atoms with Gasteiger partial charge in [-0.3, -0.25) is 0 Å². The standard InChI is InChI=1S/C19H15ClN2O2/c1-3-24-19(23)18-15-9-8-14(20)11-22(15)16(10-21)17(18)13-6-4-12(2)5-7-13/h4-9,11H,3H2,1-2H3. The minimum atomic E-state index is -0.450. The molecule has 0 saturated carbocycles. The Balaban J connectivity index is 2.40. The third kappa shape index (κ3) is 2.64. The number of carbonyl (C=O) groups excluding carboxylic acids is 1. The summed E-state index contributed by atoms with van der Waals surface area (Å²) in [7, 11) is 0. The molecule has 2 aromatic heterocycles. The number of rotatable bonds is 3. The highest BCUT2D eigenvalue weighted by molar-refractivity contribution is 6.30. The number of fused-ring (bicyclic) bond motifs is 1. The Bertz CT molecular complexity index is 966. The van der Waals surface area contributed by atoms with Crippen LogP contribution >= 0.6 is 11.6 Å². The largest absolute Gasteiger partial charge is 0.462 e. The number of nitrogens with zero attached hydrogens (tertiary/aromatic N) is 2. The average Bonchev–Trinajstić information content (AvgIpc) is 2.89. The lowest BCUT2D eigenvalue weighted by Crippen LogP contribution is -2.05. The predicted molar refractivity (Wildman–Crippen MR) is 93.3 cm³/mol. The molecule has 0 atom stereocenters. The van der Waals surface area contributed by atoms with E-state index in [1.165, 1.54) is 0 Å². The number of pyridine rings is 1. The van der Waals surface area contributed by atoms with Crippen LogP contribution in [0.25, 0.3) is 16.6 Å². The van der Waals surface area contributed by atoms with Gasteiger partial charge in [0.15, 0.2) is 0 Å². The summed E-state index contributed by atoms with van der Waals surface area (Å²) in [5.41, 5.74) is 3.80. The number of nitriles is 1. The molecular weight excluding hydrogens is 324 g/mol. The molecule has 3 rings (SSSR count). The van der Waals surface area contributed by atoms with Crippen molar-refractivity contribution in [3.8, 4) is 17.2 Å². The summed E-state index contributed by atoms with van der Waals surface area (Å²) in [6.07, 6.45) is 1.63. The lowest BCUT2D eigenvalue weighted by Gasteiger charge is -2.06. The van der Waals surface area contributed by atoms with E-state index in [1.54, 1.807) is 29.7 Å². The van der Waals surface area contributed by atoms with Crippen LogP contribution < -0.4 is 0 Å². The Kier molecular flexibility index (Phi) is 4.28. The van der Waals surface area contributed by atoms with E-state index in [-0.39, 0.29) is 6.61 Å². The Hall–Kier alpha value is -2.77. The number of benzene rings is 1. The number of hydrogen-bond donors (Lipinski definition) is 0. The topological polar surface area (TPSA) is 54.5 Å². The first kappa shape index (κ1) is 16.1. The van der Waals surface area contributed by atoms with Crippen LogP contribution in [0, 0.1) is 18.3 Å². The normalized spacial score (nSPS) is 10.6. The molecule has 24 heavy (non-hydrogen) atoms. The summed E-state index contributed by atoms with van der Waals surface area (Å²) in [4.78, 5) is 12.6. The van der Waals surface area contributed by atoms with Gasteiger partial charge in [0.25, 0.3) is 0 Å². The molecule has 0 aliphatic rings. The molecule has 0 aliphatic heterocycles. The molecule has 0 amide bonds. The highest BCUT2D eigenvalue weighted by Crippen LogP contribution is 2.34. The van der Waals surface area contributed by atoms with Gasteiger partial charge in [0.2, 0.25) is 0 Å². The number of hydrogen-bond acceptors (Lipinski definition) is 3. The van der Waals surface area contributed by atoms with Gasteiger partial charge in [0, 0.05) is 11.8 Å². The van der Waals surface area contributed by atoms with Crippen molar-refractivity contribution in [2.45, 2.75) is 13.8 Å². The summed E-state index contributed by atoms with van der Waals surface area (Å²) in [5, 5.41) is 10.2. The van der Waals surface area contributed by atoms with E-state index >= 15 is 0 Å². The van der Waals surface area contributed by atoms with Crippen LogP contribution in [0.4, 0.5) is 0 Å². The van der Waals surface area contributed by atoms with E-state index < -0.39 is 5.97 Å². The van der Waals surface area contributed by atoms with Crippen molar-refractivity contribution >= 4 is 23.1 Å². The van der Waals surface area contributed by atoms with Crippen LogP contribution in [0.5, 0.6) is 0 Å². The summed E-state index contributed by atoms with van der Waals surface area (Å²) >= 11 is 6.07. The van der Waals surface area contributed by atoms with Gasteiger partial charge in [-0.1, -0.05) is 41.4 Å². The molecular formula is C19H15ClN2O2. The van der Waals surface area contributed by atoms with Crippen LogP contribution in [0.2, 0.25) is 5.02 Å². The van der Waals surface area contributed by atoms with Gasteiger partial charge >= 0.3 is 5.97 Å². The second kappa shape index (κ2) is 6.38. The molecule has 4 nitrogen and oxygen atoms in total. The van der Waals surface area contributed by atoms with E-state index in [1.807, 2.05) is 31.2 Å². The van der Waals surface area contributed by atoms with Crippen molar-refractivity contribution in [1.82, 2.24) is 4.40 Å². The molecule has 0 unspecified atom stereocenters. The number of esters is 1. The van der Waals surface area contributed by atoms with Crippen molar-refractivity contribution in [3.05, 3.63) is 64.4 Å². The maximum Gasteiger partial charge on any atom is 0.341 e. The van der Waals surface area contributed by atoms with E-state index in [0.717, 1.165) is 11.1 Å². The Morgan fingerprint density at radius 3 is 2.58 bits per heavy atom. The minimum absolute atomic E-state index is 0.263. The highest BCUT2D eigenvalue weighted by atomic mass is 35.5.